The molecule has 1 aromatic carbocycles. The van der Waals surface area contributed by atoms with E-state index in [0.29, 0.717) is 31.3 Å². The van der Waals surface area contributed by atoms with Crippen LogP contribution in [0.3, 0.4) is 0 Å². The molecule has 0 atom stereocenters. The molecule has 0 aliphatic heterocycles. The quantitative estimate of drug-likeness (QED) is 0.415. The lowest BCUT2D eigenvalue weighted by Gasteiger charge is -2.08. The molecule has 0 unspecified atom stereocenters. The monoisotopic (exact) mass is 401 g/mol. The molecule has 0 aliphatic rings. The molecular weight excluding hydrogens is 378 g/mol. The number of carbonyl (C=O) groups is 1. The minimum Gasteiger partial charge on any atom is -0.491 e. The number of ether oxygens (including phenoxy) is 2. The van der Waals surface area contributed by atoms with Gasteiger partial charge in [0.2, 0.25) is 0 Å². The molecule has 2 heterocycles. The number of thioether (sulfide) groups is 1. The van der Waals surface area contributed by atoms with E-state index in [-0.39, 0.29) is 5.91 Å². The molecule has 3 aromatic rings. The largest absolute Gasteiger partial charge is 0.491 e. The van der Waals surface area contributed by atoms with Crippen LogP contribution in [0.15, 0.2) is 58.4 Å². The van der Waals surface area contributed by atoms with Crippen LogP contribution >= 0.6 is 11.8 Å². The first-order chi connectivity index (χ1) is 13.7. The highest BCUT2D eigenvalue weighted by atomic mass is 32.2. The van der Waals surface area contributed by atoms with Crippen LogP contribution in [0.4, 0.5) is 0 Å². The molecule has 28 heavy (non-hydrogen) atoms. The fraction of sp³-hybridized carbons (Fsp3) is 0.300. The normalized spacial score (nSPS) is 10.8. The summed E-state index contributed by atoms with van der Waals surface area (Å²) in [6.45, 7) is 1.40. The second kappa shape index (κ2) is 10.0. The number of carbonyl (C=O) groups excluding carboxylic acids is 1. The van der Waals surface area contributed by atoms with Gasteiger partial charge in [-0.25, -0.2) is 4.98 Å². The number of rotatable bonds is 10. The molecule has 1 amide bonds. The Morgan fingerprint density at radius 2 is 2.18 bits per heavy atom. The van der Waals surface area contributed by atoms with Crippen LogP contribution in [-0.4, -0.2) is 35.8 Å². The molecule has 7 nitrogen and oxygen atoms in total. The second-order valence-corrected chi connectivity index (χ2v) is 6.99. The van der Waals surface area contributed by atoms with Gasteiger partial charge in [0, 0.05) is 33.1 Å². The van der Waals surface area contributed by atoms with E-state index in [1.54, 1.807) is 31.1 Å². The number of nitrogens with one attached hydrogen (secondary N) is 1. The minimum atomic E-state index is -0.251. The Hall–Kier alpha value is -2.71. The average molecular weight is 401 g/mol. The zero-order valence-electron chi connectivity index (χ0n) is 15.9. The summed E-state index contributed by atoms with van der Waals surface area (Å²) in [6.07, 6.45) is 3.64. The van der Waals surface area contributed by atoms with E-state index < -0.39 is 0 Å². The number of hydrogen-bond acceptors (Lipinski definition) is 6. The highest BCUT2D eigenvalue weighted by Crippen LogP contribution is 2.22. The van der Waals surface area contributed by atoms with Crippen molar-refractivity contribution in [3.8, 4) is 5.75 Å². The first kappa shape index (κ1) is 20.0. The molecule has 0 bridgehead atoms. The SMILES string of the molecule is COCCOc1cccc(CNC(=O)c2ccc(CSc3nccn3C)o2)c1. The lowest BCUT2D eigenvalue weighted by atomic mass is 10.2. The molecule has 0 aliphatic carbocycles. The zero-order valence-corrected chi connectivity index (χ0v) is 16.7. The third-order valence-electron chi connectivity index (χ3n) is 3.91. The van der Waals surface area contributed by atoms with Crippen LogP contribution in [0.1, 0.15) is 21.9 Å². The van der Waals surface area contributed by atoms with Gasteiger partial charge in [0.1, 0.15) is 18.1 Å². The molecule has 2 aromatic heterocycles. The maximum atomic E-state index is 12.3. The lowest BCUT2D eigenvalue weighted by Crippen LogP contribution is -2.22. The Labute approximate surface area is 168 Å². The van der Waals surface area contributed by atoms with Gasteiger partial charge in [-0.15, -0.1) is 0 Å². The van der Waals surface area contributed by atoms with E-state index in [4.69, 9.17) is 13.9 Å². The summed E-state index contributed by atoms with van der Waals surface area (Å²) in [6, 6.07) is 11.1. The van der Waals surface area contributed by atoms with Crippen molar-refractivity contribution in [3.05, 3.63) is 65.9 Å². The number of amides is 1. The Balaban J connectivity index is 1.49. The van der Waals surface area contributed by atoms with Crippen molar-refractivity contribution >= 4 is 17.7 Å². The third kappa shape index (κ3) is 5.64. The average Bonchev–Trinajstić information content (AvgIpc) is 3.34. The predicted octanol–water partition coefficient (Wildman–Crippen LogP) is 3.26. The van der Waals surface area contributed by atoms with Crippen molar-refractivity contribution in [2.45, 2.75) is 17.5 Å². The highest BCUT2D eigenvalue weighted by Gasteiger charge is 2.12. The molecule has 0 saturated heterocycles. The van der Waals surface area contributed by atoms with E-state index in [0.717, 1.165) is 22.2 Å². The van der Waals surface area contributed by atoms with Gasteiger partial charge in [0.15, 0.2) is 10.9 Å². The van der Waals surface area contributed by atoms with Gasteiger partial charge in [-0.2, -0.15) is 0 Å². The van der Waals surface area contributed by atoms with Crippen molar-refractivity contribution in [1.29, 1.82) is 0 Å². The molecule has 0 radical (unpaired) electrons. The van der Waals surface area contributed by atoms with Gasteiger partial charge in [0.05, 0.1) is 12.4 Å². The van der Waals surface area contributed by atoms with Crippen molar-refractivity contribution < 1.29 is 18.7 Å². The number of aromatic nitrogens is 2. The van der Waals surface area contributed by atoms with Crippen LogP contribution in [0, 0.1) is 0 Å². The van der Waals surface area contributed by atoms with Crippen LogP contribution in [0.2, 0.25) is 0 Å². The molecule has 0 fully saturated rings. The first-order valence-corrected chi connectivity index (χ1v) is 9.82. The molecule has 8 heteroatoms. The van der Waals surface area contributed by atoms with E-state index >= 15 is 0 Å². The summed E-state index contributed by atoms with van der Waals surface area (Å²) < 4.78 is 18.1. The minimum absolute atomic E-state index is 0.251. The van der Waals surface area contributed by atoms with Crippen LogP contribution in [0.5, 0.6) is 5.75 Å². The second-order valence-electron chi connectivity index (χ2n) is 6.05. The van der Waals surface area contributed by atoms with E-state index in [1.807, 2.05) is 48.1 Å². The summed E-state index contributed by atoms with van der Waals surface area (Å²) in [4.78, 5) is 16.6. The topological polar surface area (TPSA) is 78.5 Å². The molecule has 0 saturated carbocycles. The van der Waals surface area contributed by atoms with Crippen LogP contribution in [0.25, 0.3) is 0 Å². The summed E-state index contributed by atoms with van der Waals surface area (Å²) in [5, 5.41) is 3.76. The van der Waals surface area contributed by atoms with Crippen LogP contribution < -0.4 is 10.1 Å². The van der Waals surface area contributed by atoms with Crippen LogP contribution in [-0.2, 0) is 24.1 Å². The third-order valence-corrected chi connectivity index (χ3v) is 4.99. The van der Waals surface area contributed by atoms with Gasteiger partial charge in [-0.3, -0.25) is 4.79 Å². The fourth-order valence-electron chi connectivity index (χ4n) is 2.46. The molecule has 3 rings (SSSR count). The van der Waals surface area contributed by atoms with Crippen molar-refractivity contribution in [1.82, 2.24) is 14.9 Å². The summed E-state index contributed by atoms with van der Waals surface area (Å²) in [7, 11) is 3.57. The van der Waals surface area contributed by atoms with Crippen molar-refractivity contribution in [2.24, 2.45) is 7.05 Å². The Morgan fingerprint density at radius 1 is 1.29 bits per heavy atom. The van der Waals surface area contributed by atoms with Gasteiger partial charge < -0.3 is 23.8 Å². The fourth-order valence-corrected chi connectivity index (χ4v) is 3.29. The van der Waals surface area contributed by atoms with Gasteiger partial charge in [-0.1, -0.05) is 23.9 Å². The summed E-state index contributed by atoms with van der Waals surface area (Å²) >= 11 is 1.56. The highest BCUT2D eigenvalue weighted by molar-refractivity contribution is 7.98. The number of benzene rings is 1. The standard InChI is InChI=1S/C20H23N3O4S/c1-23-9-8-21-20(23)28-14-17-6-7-18(27-17)19(24)22-13-15-4-3-5-16(12-15)26-11-10-25-2/h3-9,12H,10-11,13-14H2,1-2H3,(H,22,24). The van der Waals surface area contributed by atoms with Gasteiger partial charge in [-0.05, 0) is 29.8 Å². The number of hydrogen-bond donors (Lipinski definition) is 1. The molecular formula is C20H23N3O4S. The first-order valence-electron chi connectivity index (χ1n) is 8.83. The van der Waals surface area contributed by atoms with Gasteiger partial charge >= 0.3 is 0 Å². The number of methoxy groups -OCH3 is 1. The zero-order chi connectivity index (χ0) is 19.8. The maximum Gasteiger partial charge on any atom is 0.287 e. The predicted molar refractivity (Wildman–Crippen MR) is 106 cm³/mol. The van der Waals surface area contributed by atoms with Gasteiger partial charge in [0.25, 0.3) is 5.91 Å². The smallest absolute Gasteiger partial charge is 0.287 e. The Kier molecular flexibility index (Phi) is 7.16. The van der Waals surface area contributed by atoms with E-state index in [1.165, 1.54) is 0 Å². The Bertz CT molecular complexity index is 906. The molecule has 1 N–H and O–H groups in total. The number of furan rings is 1. The van der Waals surface area contributed by atoms with Crippen molar-refractivity contribution in [3.63, 3.8) is 0 Å². The number of aryl methyl sites for hydroxylation is 1. The summed E-state index contributed by atoms with van der Waals surface area (Å²) in [5.41, 5.74) is 0.945. The molecule has 0 spiro atoms. The number of imidazole rings is 1. The number of nitrogens with zero attached hydrogens (tertiary/aromatic N) is 2. The lowest BCUT2D eigenvalue weighted by molar-refractivity contribution is 0.0921. The van der Waals surface area contributed by atoms with E-state index in [2.05, 4.69) is 10.3 Å². The Morgan fingerprint density at radius 3 is 2.96 bits per heavy atom. The maximum absolute atomic E-state index is 12.3. The van der Waals surface area contributed by atoms with Crippen molar-refractivity contribution in [2.75, 3.05) is 20.3 Å². The molecule has 148 valence electrons. The van der Waals surface area contributed by atoms with E-state index in [9.17, 15) is 4.79 Å². The summed E-state index contributed by atoms with van der Waals surface area (Å²) in [5.74, 6) is 2.13.